The maximum Gasteiger partial charge on any atom is 0.221 e. The summed E-state index contributed by atoms with van der Waals surface area (Å²) >= 11 is 0. The molecule has 0 spiro atoms. The average molecular weight is 630 g/mol. The van der Waals surface area contributed by atoms with E-state index in [2.05, 4.69) is 35.5 Å². The van der Waals surface area contributed by atoms with Crippen LogP contribution in [0.3, 0.4) is 0 Å². The molecule has 46 heavy (non-hydrogen) atoms. The second-order valence-electron chi connectivity index (χ2n) is 10.9. The van der Waals surface area contributed by atoms with Crippen LogP contribution < -0.4 is 20.7 Å². The number of hydrogen-bond donors (Lipinski definition) is 2. The van der Waals surface area contributed by atoms with Crippen molar-refractivity contribution in [3.8, 4) is 28.3 Å². The molecule has 0 unspecified atom stereocenters. The van der Waals surface area contributed by atoms with Crippen molar-refractivity contribution >= 4 is 45.3 Å². The molecule has 3 N–H and O–H groups in total. The number of amides is 1. The number of nitrogen functional groups attached to an aromatic ring is 1. The molecular weight excluding hydrogens is 596 g/mol. The molecule has 0 aliphatic rings. The highest BCUT2D eigenvalue weighted by atomic mass is 19.1. The molecule has 15 heteroatoms. The number of halogens is 2. The molecule has 238 valence electrons. The Labute approximate surface area is 263 Å². The van der Waals surface area contributed by atoms with Gasteiger partial charge in [0.2, 0.25) is 5.91 Å². The van der Waals surface area contributed by atoms with Gasteiger partial charge < -0.3 is 20.7 Å². The molecule has 0 aliphatic carbocycles. The predicted octanol–water partition coefficient (Wildman–Crippen LogP) is 4.73. The van der Waals surface area contributed by atoms with Crippen LogP contribution in [0.4, 0.5) is 26.1 Å². The van der Waals surface area contributed by atoms with E-state index in [1.165, 1.54) is 37.8 Å². The Bertz CT molecular complexity index is 2070. The van der Waals surface area contributed by atoms with Gasteiger partial charge >= 0.3 is 0 Å². The topological polar surface area (TPSA) is 155 Å². The Morgan fingerprint density at radius 3 is 2.00 bits per heavy atom. The lowest BCUT2D eigenvalue weighted by molar-refractivity contribution is -0.114. The number of nitrogens with zero attached hydrogens (tertiary/aromatic N) is 9. The van der Waals surface area contributed by atoms with Crippen molar-refractivity contribution in [1.82, 2.24) is 39.5 Å². The molecule has 0 fully saturated rings. The van der Waals surface area contributed by atoms with Crippen LogP contribution in [0.1, 0.15) is 20.8 Å². The third kappa shape index (κ3) is 6.24. The second kappa shape index (κ2) is 12.7. The number of carbonyl (C=O) groups excluding carboxylic acids is 1. The third-order valence-corrected chi connectivity index (χ3v) is 6.80. The van der Waals surface area contributed by atoms with Gasteiger partial charge in [0.25, 0.3) is 0 Å². The monoisotopic (exact) mass is 629 g/mol. The summed E-state index contributed by atoms with van der Waals surface area (Å²) in [6, 6.07) is 9.29. The van der Waals surface area contributed by atoms with Gasteiger partial charge in [0.05, 0.1) is 22.6 Å². The number of ether oxygens (including phenoxy) is 1. The molecule has 0 aliphatic heterocycles. The van der Waals surface area contributed by atoms with Crippen LogP contribution in [0.25, 0.3) is 44.6 Å². The van der Waals surface area contributed by atoms with Gasteiger partial charge in [-0.2, -0.15) is 10.2 Å². The minimum Gasteiger partial charge on any atom is -0.488 e. The van der Waals surface area contributed by atoms with Gasteiger partial charge in [-0.1, -0.05) is 6.07 Å². The van der Waals surface area contributed by atoms with Gasteiger partial charge in [0, 0.05) is 46.2 Å². The zero-order valence-corrected chi connectivity index (χ0v) is 26.4. The molecule has 4 heterocycles. The number of hydrogen-bond acceptors (Lipinski definition) is 10. The molecule has 0 radical (unpaired) electrons. The molecule has 6 aromatic rings. The minimum absolute atomic E-state index is 0.0882. The van der Waals surface area contributed by atoms with Gasteiger partial charge in [-0.15, -0.1) is 0 Å². The fourth-order valence-electron chi connectivity index (χ4n) is 4.88. The molecule has 0 saturated carbocycles. The number of carbonyl (C=O) groups is 1. The Kier molecular flexibility index (Phi) is 8.76. The maximum absolute atomic E-state index is 14.4. The first-order chi connectivity index (χ1) is 21.8. The second-order valence-corrected chi connectivity index (χ2v) is 10.9. The molecule has 0 bridgehead atoms. The van der Waals surface area contributed by atoms with E-state index in [1.54, 1.807) is 34.6 Å². The van der Waals surface area contributed by atoms with Crippen LogP contribution in [-0.2, 0) is 18.9 Å². The van der Waals surface area contributed by atoms with E-state index in [0.29, 0.717) is 39.2 Å². The minimum atomic E-state index is -0.554. The predicted molar refractivity (Wildman–Crippen MR) is 172 cm³/mol. The highest BCUT2D eigenvalue weighted by molar-refractivity contribution is 6.00. The summed E-state index contributed by atoms with van der Waals surface area (Å²) in [5.41, 5.74) is 9.58. The molecular formula is C31H33F2N11O2. The number of anilines is 3. The first-order valence-corrected chi connectivity index (χ1v) is 14.2. The number of nitrogens with two attached hydrogens (primary N) is 1. The lowest BCUT2D eigenvalue weighted by Crippen LogP contribution is -2.11. The zero-order chi connectivity index (χ0) is 33.3. The number of benzene rings is 2. The number of aryl methyl sites for hydroxylation is 2. The SMILES string of the molecule is CC(=O)Nc1ccc(-c2nn(C)c3ncnc(N)c23)cc1F.CC(C)Oc1ccc(-c2nn(C)c3ncnc(N(C)C)c23)cc1F. The Balaban J connectivity index is 0.000000182. The standard InChI is InChI=1S/C17H20FN5O.C14H13FN6O/c1-10(2)24-13-7-6-11(8-12(13)18)15-14-16(22(3)4)19-9-20-17(14)23(5)21-15;1-7(22)19-10-4-3-8(5-9(10)15)12-11-13(16)17-6-18-14(11)21(2)20-12/h6-10H,1-5H3;3-6H,1-2H3,(H,19,22)(H2,16,17,18). The van der Waals surface area contributed by atoms with Crippen LogP contribution in [-0.4, -0.2) is 65.6 Å². The fourth-order valence-corrected chi connectivity index (χ4v) is 4.88. The van der Waals surface area contributed by atoms with Crippen molar-refractivity contribution in [2.45, 2.75) is 26.9 Å². The van der Waals surface area contributed by atoms with E-state index in [0.717, 1.165) is 11.2 Å². The number of rotatable bonds is 6. The molecule has 13 nitrogen and oxygen atoms in total. The maximum atomic E-state index is 14.4. The lowest BCUT2D eigenvalue weighted by Gasteiger charge is -2.13. The highest BCUT2D eigenvalue weighted by Gasteiger charge is 2.20. The van der Waals surface area contributed by atoms with E-state index in [1.807, 2.05) is 39.9 Å². The van der Waals surface area contributed by atoms with Crippen molar-refractivity contribution in [2.75, 3.05) is 30.0 Å². The summed E-state index contributed by atoms with van der Waals surface area (Å²) in [5.74, 6) is -0.0544. The van der Waals surface area contributed by atoms with Crippen molar-refractivity contribution in [3.05, 3.63) is 60.7 Å². The van der Waals surface area contributed by atoms with Crippen molar-refractivity contribution in [3.63, 3.8) is 0 Å². The highest BCUT2D eigenvalue weighted by Crippen LogP contribution is 2.34. The molecule has 0 atom stereocenters. The van der Waals surface area contributed by atoms with Crippen LogP contribution in [0.15, 0.2) is 49.1 Å². The quantitative estimate of drug-likeness (QED) is 0.264. The summed E-state index contributed by atoms with van der Waals surface area (Å²) in [7, 11) is 7.34. The largest absolute Gasteiger partial charge is 0.488 e. The lowest BCUT2D eigenvalue weighted by atomic mass is 10.1. The van der Waals surface area contributed by atoms with Crippen LogP contribution in [0.5, 0.6) is 5.75 Å². The van der Waals surface area contributed by atoms with Crippen molar-refractivity contribution in [2.24, 2.45) is 14.1 Å². The average Bonchev–Trinajstić information content (AvgIpc) is 3.52. The van der Waals surface area contributed by atoms with Gasteiger partial charge in [-0.3, -0.25) is 4.79 Å². The van der Waals surface area contributed by atoms with Crippen LogP contribution in [0.2, 0.25) is 0 Å². The fraction of sp³-hybridized carbons (Fsp3) is 0.258. The van der Waals surface area contributed by atoms with E-state index >= 15 is 0 Å². The first kappa shape index (κ1) is 31.7. The summed E-state index contributed by atoms with van der Waals surface area (Å²) < 4.78 is 37.1. The summed E-state index contributed by atoms with van der Waals surface area (Å²) in [5, 5.41) is 12.6. The molecule has 2 aromatic carbocycles. The first-order valence-electron chi connectivity index (χ1n) is 14.2. The summed E-state index contributed by atoms with van der Waals surface area (Å²) in [6.45, 7) is 5.04. The van der Waals surface area contributed by atoms with Gasteiger partial charge in [0.1, 0.15) is 41.5 Å². The van der Waals surface area contributed by atoms with E-state index in [-0.39, 0.29) is 29.3 Å². The molecule has 1 amide bonds. The van der Waals surface area contributed by atoms with Crippen LogP contribution in [0, 0.1) is 11.6 Å². The summed E-state index contributed by atoms with van der Waals surface area (Å²) in [6.07, 6.45) is 2.77. The van der Waals surface area contributed by atoms with Gasteiger partial charge in [-0.25, -0.2) is 38.1 Å². The summed E-state index contributed by atoms with van der Waals surface area (Å²) in [4.78, 5) is 29.6. The molecule has 0 saturated heterocycles. The van der Waals surface area contributed by atoms with Crippen LogP contribution >= 0.6 is 0 Å². The Morgan fingerprint density at radius 2 is 1.43 bits per heavy atom. The van der Waals surface area contributed by atoms with E-state index in [9.17, 15) is 13.6 Å². The molecule has 6 rings (SSSR count). The van der Waals surface area contributed by atoms with Gasteiger partial charge in [-0.05, 0) is 44.2 Å². The Hall–Kier alpha value is -5.73. The van der Waals surface area contributed by atoms with Crippen molar-refractivity contribution < 1.29 is 18.3 Å². The third-order valence-electron chi connectivity index (χ3n) is 6.80. The van der Waals surface area contributed by atoms with Crippen molar-refractivity contribution in [1.29, 1.82) is 0 Å². The molecule has 4 aromatic heterocycles. The van der Waals surface area contributed by atoms with E-state index < -0.39 is 11.6 Å². The zero-order valence-electron chi connectivity index (χ0n) is 26.4. The smallest absolute Gasteiger partial charge is 0.221 e. The number of aromatic nitrogens is 8. The Morgan fingerprint density at radius 1 is 0.870 bits per heavy atom. The van der Waals surface area contributed by atoms with E-state index in [4.69, 9.17) is 10.5 Å². The number of fused-ring (bicyclic) bond motifs is 2. The number of nitrogens with one attached hydrogen (secondary N) is 1. The normalized spacial score (nSPS) is 11.1. The van der Waals surface area contributed by atoms with Gasteiger partial charge in [0.15, 0.2) is 22.9 Å².